The number of aromatic carboxylic acids is 1. The van der Waals surface area contributed by atoms with E-state index >= 15 is 0 Å². The van der Waals surface area contributed by atoms with Crippen LogP contribution in [0.2, 0.25) is 5.02 Å². The van der Waals surface area contributed by atoms with E-state index in [1.807, 2.05) is 6.92 Å². The lowest BCUT2D eigenvalue weighted by molar-refractivity contribution is -0.255. The molecular weight excluding hydrogens is 312 g/mol. The Hall–Kier alpha value is -1.92. The summed E-state index contributed by atoms with van der Waals surface area (Å²) in [4.78, 5) is 26.7. The van der Waals surface area contributed by atoms with Gasteiger partial charge in [0.15, 0.2) is 0 Å². The van der Waals surface area contributed by atoms with Gasteiger partial charge in [0.05, 0.1) is 17.6 Å². The molecule has 0 aliphatic heterocycles. The highest BCUT2D eigenvalue weighted by atomic mass is 35.5. The summed E-state index contributed by atoms with van der Waals surface area (Å²) in [6.07, 6.45) is 0. The summed E-state index contributed by atoms with van der Waals surface area (Å²) in [6, 6.07) is 5.22. The van der Waals surface area contributed by atoms with Crippen LogP contribution in [-0.4, -0.2) is 16.9 Å². The molecule has 0 aliphatic rings. The number of carboxylic acids is 1. The Morgan fingerprint density at radius 3 is 2.71 bits per heavy atom. The number of halogens is 1. The molecule has 110 valence electrons. The van der Waals surface area contributed by atoms with Crippen LogP contribution in [0.15, 0.2) is 23.6 Å². The van der Waals surface area contributed by atoms with Crippen molar-refractivity contribution in [1.29, 1.82) is 0 Å². The topological polar surface area (TPSA) is 82.1 Å². The van der Waals surface area contributed by atoms with Gasteiger partial charge >= 0.3 is 0 Å². The Balaban J connectivity index is 2.11. The zero-order chi connectivity index (χ0) is 15.6. The van der Waals surface area contributed by atoms with Crippen molar-refractivity contribution in [3.63, 3.8) is 0 Å². The minimum Gasteiger partial charge on any atom is -0.543 e. The molecule has 0 fully saturated rings. The fraction of sp³-hybridized carbons (Fsp3) is 0.214. The van der Waals surface area contributed by atoms with Crippen molar-refractivity contribution in [3.8, 4) is 0 Å². The molecule has 0 radical (unpaired) electrons. The lowest BCUT2D eigenvalue weighted by atomic mass is 10.1. The van der Waals surface area contributed by atoms with Crippen LogP contribution in [0.5, 0.6) is 0 Å². The number of nitrogens with zero attached hydrogens (tertiary/aromatic N) is 1. The van der Waals surface area contributed by atoms with Crippen LogP contribution in [-0.2, 0) is 4.79 Å². The normalized spacial score (nSPS) is 12.0. The van der Waals surface area contributed by atoms with Gasteiger partial charge in [0, 0.05) is 16.1 Å². The van der Waals surface area contributed by atoms with Gasteiger partial charge in [0.25, 0.3) is 0 Å². The van der Waals surface area contributed by atoms with E-state index in [4.69, 9.17) is 11.6 Å². The van der Waals surface area contributed by atoms with E-state index in [9.17, 15) is 14.7 Å². The molecule has 5 nitrogen and oxygen atoms in total. The zero-order valence-electron chi connectivity index (χ0n) is 11.3. The quantitative estimate of drug-likeness (QED) is 0.935. The highest BCUT2D eigenvalue weighted by Crippen LogP contribution is 2.24. The number of benzene rings is 1. The molecule has 0 spiro atoms. The van der Waals surface area contributed by atoms with E-state index in [0.717, 1.165) is 16.9 Å². The number of amides is 1. The minimum atomic E-state index is -1.35. The molecule has 21 heavy (non-hydrogen) atoms. The molecule has 0 saturated heterocycles. The standard InChI is InChI=1S/C14H13ClN2O3S/c1-7-3-4-9(5-10(7)15)16-12(18)8(2)13-17-11(6-21-13)14(19)20/h3-6,8H,1-2H3,(H,16,18)(H,19,20)/p-1/t8-/m1/s1. The molecule has 0 bridgehead atoms. The number of nitrogens with one attached hydrogen (secondary N) is 1. The van der Waals surface area contributed by atoms with Crippen LogP contribution in [0.3, 0.4) is 0 Å². The zero-order valence-corrected chi connectivity index (χ0v) is 12.9. The Bertz CT molecular complexity index is 699. The van der Waals surface area contributed by atoms with Gasteiger partial charge in [-0.1, -0.05) is 17.7 Å². The molecule has 1 atom stereocenters. The number of carbonyl (C=O) groups excluding carboxylic acids is 2. The number of carbonyl (C=O) groups is 2. The number of hydrogen-bond donors (Lipinski definition) is 1. The third-order valence-electron chi connectivity index (χ3n) is 2.93. The molecule has 1 aromatic carbocycles. The largest absolute Gasteiger partial charge is 0.543 e. The maximum absolute atomic E-state index is 12.1. The van der Waals surface area contributed by atoms with E-state index in [2.05, 4.69) is 10.3 Å². The molecular formula is C14H12ClN2O3S-. The van der Waals surface area contributed by atoms with Gasteiger partial charge in [-0.25, -0.2) is 4.98 Å². The summed E-state index contributed by atoms with van der Waals surface area (Å²) in [5.74, 6) is -2.20. The van der Waals surface area contributed by atoms with Crippen molar-refractivity contribution in [1.82, 2.24) is 4.98 Å². The molecule has 2 aromatic rings. The van der Waals surface area contributed by atoms with Crippen LogP contribution in [0.4, 0.5) is 5.69 Å². The fourth-order valence-electron chi connectivity index (χ4n) is 1.61. The Morgan fingerprint density at radius 1 is 1.43 bits per heavy atom. The first-order valence-electron chi connectivity index (χ1n) is 6.12. The van der Waals surface area contributed by atoms with Crippen LogP contribution in [0.25, 0.3) is 0 Å². The van der Waals surface area contributed by atoms with Gasteiger partial charge in [-0.3, -0.25) is 4.79 Å². The lowest BCUT2D eigenvalue weighted by Gasteiger charge is -2.10. The fourth-order valence-corrected chi connectivity index (χ4v) is 2.64. The van der Waals surface area contributed by atoms with Crippen LogP contribution < -0.4 is 10.4 Å². The van der Waals surface area contributed by atoms with Crippen LogP contribution in [0.1, 0.15) is 33.9 Å². The Labute approximate surface area is 130 Å². The van der Waals surface area contributed by atoms with Gasteiger partial charge in [-0.15, -0.1) is 11.3 Å². The van der Waals surface area contributed by atoms with Crippen molar-refractivity contribution in [3.05, 3.63) is 44.9 Å². The first-order valence-corrected chi connectivity index (χ1v) is 7.38. The molecule has 0 saturated carbocycles. The van der Waals surface area contributed by atoms with Crippen LogP contribution in [0, 0.1) is 6.92 Å². The SMILES string of the molecule is Cc1ccc(NC(=O)[C@@H](C)c2nc(C(=O)[O-])cs2)cc1Cl. The summed E-state index contributed by atoms with van der Waals surface area (Å²) < 4.78 is 0. The summed E-state index contributed by atoms with van der Waals surface area (Å²) in [5, 5.41) is 15.8. The molecule has 2 rings (SSSR count). The maximum Gasteiger partial charge on any atom is 0.234 e. The molecule has 1 heterocycles. The molecule has 1 aromatic heterocycles. The second-order valence-corrected chi connectivity index (χ2v) is 5.83. The van der Waals surface area contributed by atoms with E-state index in [1.54, 1.807) is 25.1 Å². The Kier molecular flexibility index (Phi) is 4.59. The number of aromatic nitrogens is 1. The van der Waals surface area contributed by atoms with Crippen molar-refractivity contribution in [2.75, 3.05) is 5.32 Å². The van der Waals surface area contributed by atoms with E-state index < -0.39 is 11.9 Å². The number of carboxylic acid groups (broad SMARTS) is 1. The third-order valence-corrected chi connectivity index (χ3v) is 4.37. The van der Waals surface area contributed by atoms with E-state index in [-0.39, 0.29) is 11.6 Å². The number of anilines is 1. The molecule has 1 N–H and O–H groups in total. The maximum atomic E-state index is 12.1. The van der Waals surface area contributed by atoms with E-state index in [1.165, 1.54) is 5.38 Å². The predicted octanol–water partition coefficient (Wildman–Crippen LogP) is 2.21. The van der Waals surface area contributed by atoms with E-state index in [0.29, 0.717) is 15.7 Å². The monoisotopic (exact) mass is 323 g/mol. The second kappa shape index (κ2) is 6.24. The highest BCUT2D eigenvalue weighted by Gasteiger charge is 2.19. The number of aryl methyl sites for hydroxylation is 1. The van der Waals surface area contributed by atoms with Gasteiger partial charge in [0.1, 0.15) is 5.01 Å². The van der Waals surface area contributed by atoms with Crippen molar-refractivity contribution in [2.45, 2.75) is 19.8 Å². The number of hydrogen-bond acceptors (Lipinski definition) is 5. The minimum absolute atomic E-state index is 0.159. The number of thiazole rings is 1. The number of rotatable bonds is 4. The molecule has 7 heteroatoms. The van der Waals surface area contributed by atoms with Crippen molar-refractivity contribution in [2.24, 2.45) is 0 Å². The van der Waals surface area contributed by atoms with Gasteiger partial charge in [-0.05, 0) is 31.5 Å². The van der Waals surface area contributed by atoms with Crippen LogP contribution >= 0.6 is 22.9 Å². The summed E-state index contributed by atoms with van der Waals surface area (Å²) in [6.45, 7) is 3.52. The molecule has 0 aliphatic carbocycles. The second-order valence-electron chi connectivity index (χ2n) is 4.53. The van der Waals surface area contributed by atoms with Gasteiger partial charge in [-0.2, -0.15) is 0 Å². The van der Waals surface area contributed by atoms with Crippen molar-refractivity contribution < 1.29 is 14.7 Å². The van der Waals surface area contributed by atoms with Crippen molar-refractivity contribution >= 4 is 40.5 Å². The Morgan fingerprint density at radius 2 is 2.14 bits per heavy atom. The first-order chi connectivity index (χ1) is 9.88. The highest BCUT2D eigenvalue weighted by molar-refractivity contribution is 7.10. The lowest BCUT2D eigenvalue weighted by Crippen LogP contribution is -2.23. The summed E-state index contributed by atoms with van der Waals surface area (Å²) in [7, 11) is 0. The average molecular weight is 324 g/mol. The first kappa shape index (κ1) is 15.5. The smallest absolute Gasteiger partial charge is 0.234 e. The summed E-state index contributed by atoms with van der Waals surface area (Å²) >= 11 is 7.11. The van der Waals surface area contributed by atoms with Gasteiger partial charge < -0.3 is 15.2 Å². The summed E-state index contributed by atoms with van der Waals surface area (Å²) in [5.41, 5.74) is 1.34. The predicted molar refractivity (Wildman–Crippen MR) is 79.7 cm³/mol. The molecule has 1 amide bonds. The van der Waals surface area contributed by atoms with Gasteiger partial charge in [0.2, 0.25) is 5.91 Å². The molecule has 0 unspecified atom stereocenters. The average Bonchev–Trinajstić information content (AvgIpc) is 2.92. The third kappa shape index (κ3) is 3.59.